The molecular formula is C67H110O5. The zero-order valence-electron chi connectivity index (χ0n) is 46.9. The molecule has 0 aliphatic heterocycles. The van der Waals surface area contributed by atoms with Crippen molar-refractivity contribution in [3.05, 3.63) is 134 Å². The lowest BCUT2D eigenvalue weighted by molar-refractivity contribution is -0.163. The van der Waals surface area contributed by atoms with Crippen molar-refractivity contribution >= 4 is 11.9 Å². The topological polar surface area (TPSA) is 61.8 Å². The standard InChI is InChI=1S/C67H110O5/c1-4-7-10-13-16-19-22-25-28-31-33-35-38-41-44-47-50-53-56-59-62-70-63-65(72-67(69)61-58-55-52-49-46-43-40-36-30-27-24-21-18-15-12-9-6-3)64-71-66(68)60-57-54-51-48-45-42-39-37-34-32-29-26-23-20-17-14-11-8-5-2/h7,9-10,12,16-21,25-30,33,35,40-41,43-44,65H,4-6,8,11,13-15,22-24,31-32,34,36-39,42,45-64H2,1-3H3/b10-7-,12-9-,19-16-,20-17-,21-18-,28-25-,29-26-,30-27-,35-33-,43-40-,44-41-. The van der Waals surface area contributed by atoms with E-state index >= 15 is 0 Å². The maximum atomic E-state index is 12.9. The van der Waals surface area contributed by atoms with Gasteiger partial charge in [-0.2, -0.15) is 0 Å². The summed E-state index contributed by atoms with van der Waals surface area (Å²) in [5.74, 6) is -0.448. The van der Waals surface area contributed by atoms with Crippen LogP contribution in [0.25, 0.3) is 0 Å². The predicted octanol–water partition coefficient (Wildman–Crippen LogP) is 20.7. The molecule has 408 valence electrons. The second kappa shape index (κ2) is 61.3. The molecule has 0 rings (SSSR count). The van der Waals surface area contributed by atoms with Crippen LogP contribution < -0.4 is 0 Å². The smallest absolute Gasteiger partial charge is 0.306 e. The molecule has 0 spiro atoms. The Bertz CT molecular complexity index is 1500. The van der Waals surface area contributed by atoms with E-state index in [0.29, 0.717) is 19.4 Å². The zero-order valence-corrected chi connectivity index (χ0v) is 46.9. The lowest BCUT2D eigenvalue weighted by Crippen LogP contribution is -2.30. The van der Waals surface area contributed by atoms with Crippen molar-refractivity contribution in [1.82, 2.24) is 0 Å². The molecule has 0 aliphatic carbocycles. The van der Waals surface area contributed by atoms with E-state index in [1.54, 1.807) is 0 Å². The number of hydrogen-bond donors (Lipinski definition) is 0. The third-order valence-corrected chi connectivity index (χ3v) is 12.2. The number of esters is 2. The highest BCUT2D eigenvalue weighted by atomic mass is 16.6. The first-order valence-electron chi connectivity index (χ1n) is 29.7. The molecule has 0 saturated carbocycles. The summed E-state index contributed by atoms with van der Waals surface area (Å²) in [5, 5.41) is 0. The van der Waals surface area contributed by atoms with E-state index in [4.69, 9.17) is 14.2 Å². The summed E-state index contributed by atoms with van der Waals surface area (Å²) >= 11 is 0. The molecule has 0 aromatic heterocycles. The molecule has 0 aromatic carbocycles. The van der Waals surface area contributed by atoms with Crippen LogP contribution in [0, 0.1) is 0 Å². The average molecular weight is 996 g/mol. The first-order chi connectivity index (χ1) is 35.6. The molecule has 0 fully saturated rings. The van der Waals surface area contributed by atoms with Crippen molar-refractivity contribution in [3.63, 3.8) is 0 Å². The quantitative estimate of drug-likeness (QED) is 0.0345. The molecule has 0 bridgehead atoms. The van der Waals surface area contributed by atoms with Crippen LogP contribution in [0.2, 0.25) is 0 Å². The Balaban J connectivity index is 4.41. The van der Waals surface area contributed by atoms with Gasteiger partial charge in [-0.25, -0.2) is 0 Å². The van der Waals surface area contributed by atoms with Gasteiger partial charge in [-0.15, -0.1) is 0 Å². The summed E-state index contributed by atoms with van der Waals surface area (Å²) in [6.45, 7) is 7.49. The number of hydrogen-bond acceptors (Lipinski definition) is 5. The van der Waals surface area contributed by atoms with Crippen LogP contribution in [0.5, 0.6) is 0 Å². The van der Waals surface area contributed by atoms with Crippen LogP contribution >= 0.6 is 0 Å². The van der Waals surface area contributed by atoms with Crippen molar-refractivity contribution < 1.29 is 23.8 Å². The van der Waals surface area contributed by atoms with Gasteiger partial charge in [0.1, 0.15) is 6.61 Å². The van der Waals surface area contributed by atoms with E-state index in [9.17, 15) is 9.59 Å². The molecule has 0 heterocycles. The lowest BCUT2D eigenvalue weighted by atomic mass is 10.1. The Hall–Kier alpha value is -3.96. The zero-order chi connectivity index (χ0) is 52.0. The summed E-state index contributed by atoms with van der Waals surface area (Å²) in [6.07, 6.45) is 87.6. The minimum absolute atomic E-state index is 0.0542. The monoisotopic (exact) mass is 995 g/mol. The fraction of sp³-hybridized carbons (Fsp3) is 0.642. The van der Waals surface area contributed by atoms with Gasteiger partial charge in [0.15, 0.2) is 6.10 Å². The maximum absolute atomic E-state index is 12.9. The maximum Gasteiger partial charge on any atom is 0.306 e. The van der Waals surface area contributed by atoms with Gasteiger partial charge in [-0.1, -0.05) is 238 Å². The van der Waals surface area contributed by atoms with Gasteiger partial charge in [0, 0.05) is 19.4 Å². The highest BCUT2D eigenvalue weighted by Crippen LogP contribution is 2.14. The molecule has 0 radical (unpaired) electrons. The number of ether oxygens (including phenoxy) is 3. The summed E-state index contributed by atoms with van der Waals surface area (Å²) in [7, 11) is 0. The molecule has 5 nitrogen and oxygen atoms in total. The Labute approximate surface area is 445 Å². The second-order valence-corrected chi connectivity index (χ2v) is 19.1. The average Bonchev–Trinajstić information content (AvgIpc) is 3.38. The van der Waals surface area contributed by atoms with Crippen molar-refractivity contribution in [2.24, 2.45) is 0 Å². The molecule has 0 amide bonds. The van der Waals surface area contributed by atoms with Gasteiger partial charge < -0.3 is 14.2 Å². The molecule has 1 atom stereocenters. The van der Waals surface area contributed by atoms with E-state index in [-0.39, 0.29) is 25.2 Å². The fourth-order valence-corrected chi connectivity index (χ4v) is 7.79. The van der Waals surface area contributed by atoms with Crippen LogP contribution in [0.15, 0.2) is 134 Å². The summed E-state index contributed by atoms with van der Waals surface area (Å²) in [5.41, 5.74) is 0. The van der Waals surface area contributed by atoms with E-state index in [2.05, 4.69) is 154 Å². The molecule has 5 heteroatoms. The number of carbonyl (C=O) groups is 2. The summed E-state index contributed by atoms with van der Waals surface area (Å²) in [4.78, 5) is 25.6. The highest BCUT2D eigenvalue weighted by molar-refractivity contribution is 5.70. The minimum atomic E-state index is -0.576. The second-order valence-electron chi connectivity index (χ2n) is 19.1. The van der Waals surface area contributed by atoms with Crippen LogP contribution in [-0.4, -0.2) is 37.9 Å². The Morgan fingerprint density at radius 1 is 0.319 bits per heavy atom. The Kier molecular flexibility index (Phi) is 58.0. The first kappa shape index (κ1) is 68.0. The predicted molar refractivity (Wildman–Crippen MR) is 315 cm³/mol. The fourth-order valence-electron chi connectivity index (χ4n) is 7.79. The van der Waals surface area contributed by atoms with Gasteiger partial charge in [0.2, 0.25) is 0 Å². The first-order valence-corrected chi connectivity index (χ1v) is 29.7. The van der Waals surface area contributed by atoms with Crippen LogP contribution in [0.4, 0.5) is 0 Å². The number of carbonyl (C=O) groups excluding carboxylic acids is 2. The number of rotatable bonds is 53. The SMILES string of the molecule is CC/C=C\C/C=C\C/C=C\C/C=C\C/C=C\CCCCCCOCC(COC(=O)CCCCCCCCCCC/C=C\C/C=C\CCCCC)OC(=O)CCCCCC/C=C\C/C=C\C/C=C\C/C=C\CC. The van der Waals surface area contributed by atoms with Crippen molar-refractivity contribution in [2.45, 2.75) is 258 Å². The third-order valence-electron chi connectivity index (χ3n) is 12.2. The van der Waals surface area contributed by atoms with Gasteiger partial charge in [0.25, 0.3) is 0 Å². The minimum Gasteiger partial charge on any atom is -0.462 e. The molecule has 0 N–H and O–H groups in total. The number of unbranched alkanes of at least 4 members (excludes halogenated alkanes) is 20. The van der Waals surface area contributed by atoms with Crippen molar-refractivity contribution in [1.29, 1.82) is 0 Å². The van der Waals surface area contributed by atoms with Gasteiger partial charge in [-0.05, 0) is 135 Å². The van der Waals surface area contributed by atoms with Gasteiger partial charge in [0.05, 0.1) is 6.61 Å². The molecule has 1 unspecified atom stereocenters. The van der Waals surface area contributed by atoms with Crippen LogP contribution in [0.1, 0.15) is 252 Å². The van der Waals surface area contributed by atoms with Gasteiger partial charge >= 0.3 is 11.9 Å². The van der Waals surface area contributed by atoms with Crippen LogP contribution in [0.3, 0.4) is 0 Å². The lowest BCUT2D eigenvalue weighted by Gasteiger charge is -2.18. The number of allylic oxidation sites excluding steroid dienone is 22. The normalized spacial score (nSPS) is 13.2. The van der Waals surface area contributed by atoms with E-state index < -0.39 is 6.10 Å². The van der Waals surface area contributed by atoms with E-state index in [0.717, 1.165) is 141 Å². The summed E-state index contributed by atoms with van der Waals surface area (Å²) in [6, 6.07) is 0. The highest BCUT2D eigenvalue weighted by Gasteiger charge is 2.17. The molecular weight excluding hydrogens is 885 g/mol. The van der Waals surface area contributed by atoms with Crippen LogP contribution in [-0.2, 0) is 23.8 Å². The van der Waals surface area contributed by atoms with E-state index in [1.807, 2.05) is 0 Å². The van der Waals surface area contributed by atoms with E-state index in [1.165, 1.54) is 77.0 Å². The van der Waals surface area contributed by atoms with Crippen molar-refractivity contribution in [2.75, 3.05) is 19.8 Å². The molecule has 0 aromatic rings. The Morgan fingerprint density at radius 2 is 0.625 bits per heavy atom. The van der Waals surface area contributed by atoms with Gasteiger partial charge in [-0.3, -0.25) is 9.59 Å². The Morgan fingerprint density at radius 3 is 1.00 bits per heavy atom. The third kappa shape index (κ3) is 58.6. The summed E-state index contributed by atoms with van der Waals surface area (Å²) < 4.78 is 17.5. The largest absolute Gasteiger partial charge is 0.462 e. The molecule has 0 saturated heterocycles. The van der Waals surface area contributed by atoms with Crippen molar-refractivity contribution in [3.8, 4) is 0 Å². The molecule has 72 heavy (non-hydrogen) atoms. The molecule has 0 aliphatic rings.